The molecule has 1 aromatic carbocycles. The van der Waals surface area contributed by atoms with Gasteiger partial charge in [-0.15, -0.1) is 11.3 Å². The smallest absolute Gasteiger partial charge is 0.193 e. The molecule has 1 aliphatic rings. The van der Waals surface area contributed by atoms with Crippen LogP contribution >= 0.6 is 22.9 Å². The SMILES string of the molecule is COc1ccc(NC(N)=NCCc2csc(N3CCCC3)n2)cc1Cl. The first-order chi connectivity index (χ1) is 12.2. The Hall–Kier alpha value is -1.99. The van der Waals surface area contributed by atoms with E-state index in [9.17, 15) is 0 Å². The van der Waals surface area contributed by atoms with E-state index in [0.29, 0.717) is 23.3 Å². The molecule has 1 aromatic heterocycles. The predicted molar refractivity (Wildman–Crippen MR) is 105 cm³/mol. The molecular formula is C17H22ClN5OS. The number of aliphatic imine (C=N–C) groups is 1. The Morgan fingerprint density at radius 3 is 2.96 bits per heavy atom. The normalized spacial score (nSPS) is 14.8. The quantitative estimate of drug-likeness (QED) is 0.594. The van der Waals surface area contributed by atoms with Gasteiger partial charge in [-0.25, -0.2) is 4.98 Å². The number of ether oxygens (including phenoxy) is 1. The third-order valence-electron chi connectivity index (χ3n) is 3.99. The zero-order chi connectivity index (χ0) is 17.6. The van der Waals surface area contributed by atoms with Crippen molar-refractivity contribution in [1.82, 2.24) is 4.98 Å². The minimum Gasteiger partial charge on any atom is -0.495 e. The molecule has 0 unspecified atom stereocenters. The maximum Gasteiger partial charge on any atom is 0.193 e. The van der Waals surface area contributed by atoms with Crippen LogP contribution in [0.15, 0.2) is 28.6 Å². The molecule has 0 aliphatic carbocycles. The zero-order valence-corrected chi connectivity index (χ0v) is 15.7. The second kappa shape index (κ2) is 8.40. The Labute approximate surface area is 156 Å². The maximum absolute atomic E-state index is 6.10. The molecule has 0 atom stereocenters. The zero-order valence-electron chi connectivity index (χ0n) is 14.2. The van der Waals surface area contributed by atoms with Gasteiger partial charge in [0.25, 0.3) is 0 Å². The van der Waals surface area contributed by atoms with E-state index in [2.05, 4.69) is 25.6 Å². The number of nitrogens with zero attached hydrogens (tertiary/aromatic N) is 3. The summed E-state index contributed by atoms with van der Waals surface area (Å²) in [5.74, 6) is 0.983. The largest absolute Gasteiger partial charge is 0.495 e. The fourth-order valence-electron chi connectivity index (χ4n) is 2.69. The molecule has 134 valence electrons. The number of hydrogen-bond donors (Lipinski definition) is 2. The van der Waals surface area contributed by atoms with Crippen LogP contribution in [0.5, 0.6) is 5.75 Å². The van der Waals surface area contributed by atoms with Crippen molar-refractivity contribution in [3.05, 3.63) is 34.3 Å². The third kappa shape index (κ3) is 4.76. The summed E-state index contributed by atoms with van der Waals surface area (Å²) >= 11 is 7.80. The number of halogens is 1. The molecule has 0 saturated carbocycles. The lowest BCUT2D eigenvalue weighted by Crippen LogP contribution is -2.23. The van der Waals surface area contributed by atoms with E-state index in [-0.39, 0.29) is 0 Å². The highest BCUT2D eigenvalue weighted by molar-refractivity contribution is 7.13. The summed E-state index contributed by atoms with van der Waals surface area (Å²) in [4.78, 5) is 11.4. The number of thiazole rings is 1. The summed E-state index contributed by atoms with van der Waals surface area (Å²) in [6, 6.07) is 5.38. The summed E-state index contributed by atoms with van der Waals surface area (Å²) in [6.07, 6.45) is 3.30. The van der Waals surface area contributed by atoms with Crippen LogP contribution in [0.3, 0.4) is 0 Å². The van der Waals surface area contributed by atoms with Crippen molar-refractivity contribution in [3.8, 4) is 5.75 Å². The predicted octanol–water partition coefficient (Wildman–Crippen LogP) is 3.37. The van der Waals surface area contributed by atoms with Gasteiger partial charge in [-0.1, -0.05) is 11.6 Å². The molecule has 6 nitrogen and oxygen atoms in total. The van der Waals surface area contributed by atoms with Gasteiger partial charge in [0, 0.05) is 37.1 Å². The second-order valence-corrected chi connectivity index (χ2v) is 7.05. The van der Waals surface area contributed by atoms with Crippen LogP contribution in [0.25, 0.3) is 0 Å². The van der Waals surface area contributed by atoms with Crippen molar-refractivity contribution in [2.24, 2.45) is 10.7 Å². The van der Waals surface area contributed by atoms with Gasteiger partial charge >= 0.3 is 0 Å². The van der Waals surface area contributed by atoms with Gasteiger partial charge in [0.2, 0.25) is 0 Å². The second-order valence-electron chi connectivity index (χ2n) is 5.81. The van der Waals surface area contributed by atoms with E-state index >= 15 is 0 Å². The van der Waals surface area contributed by atoms with Crippen molar-refractivity contribution in [1.29, 1.82) is 0 Å². The molecular weight excluding hydrogens is 358 g/mol. The maximum atomic E-state index is 6.10. The van der Waals surface area contributed by atoms with Crippen LogP contribution in [0, 0.1) is 0 Å². The van der Waals surface area contributed by atoms with Crippen LogP contribution in [0.1, 0.15) is 18.5 Å². The summed E-state index contributed by atoms with van der Waals surface area (Å²) in [5, 5.41) is 6.79. The Morgan fingerprint density at radius 2 is 2.24 bits per heavy atom. The average molecular weight is 380 g/mol. The minimum absolute atomic E-state index is 0.358. The van der Waals surface area contributed by atoms with Gasteiger partial charge < -0.3 is 20.7 Å². The van der Waals surface area contributed by atoms with Crippen LogP contribution in [-0.4, -0.2) is 37.7 Å². The van der Waals surface area contributed by atoms with Crippen molar-refractivity contribution in [2.75, 3.05) is 37.0 Å². The summed E-state index contributed by atoms with van der Waals surface area (Å²) < 4.78 is 5.13. The van der Waals surface area contributed by atoms with Gasteiger partial charge in [-0.05, 0) is 31.0 Å². The van der Waals surface area contributed by atoms with E-state index in [4.69, 9.17) is 22.1 Å². The number of rotatable bonds is 6. The van der Waals surface area contributed by atoms with Crippen molar-refractivity contribution < 1.29 is 4.74 Å². The van der Waals surface area contributed by atoms with Crippen LogP contribution in [0.2, 0.25) is 5.02 Å². The third-order valence-corrected chi connectivity index (χ3v) is 5.24. The number of nitrogens with one attached hydrogen (secondary N) is 1. The fourth-order valence-corrected chi connectivity index (χ4v) is 3.86. The van der Waals surface area contributed by atoms with E-state index in [0.717, 1.165) is 36.0 Å². The lowest BCUT2D eigenvalue weighted by molar-refractivity contribution is 0.415. The molecule has 2 aromatic rings. The van der Waals surface area contributed by atoms with E-state index < -0.39 is 0 Å². The fraction of sp³-hybridized carbons (Fsp3) is 0.412. The standard InChI is InChI=1S/C17H22ClN5OS/c1-24-15-5-4-12(10-14(15)18)21-16(19)20-7-6-13-11-25-17(22-13)23-8-2-3-9-23/h4-5,10-11H,2-3,6-9H2,1H3,(H3,19,20,21). The highest BCUT2D eigenvalue weighted by Crippen LogP contribution is 2.27. The minimum atomic E-state index is 0.358. The number of methoxy groups -OCH3 is 1. The lowest BCUT2D eigenvalue weighted by atomic mass is 10.3. The molecule has 0 amide bonds. The van der Waals surface area contributed by atoms with Crippen LogP contribution in [-0.2, 0) is 6.42 Å². The monoisotopic (exact) mass is 379 g/mol. The van der Waals surface area contributed by atoms with Gasteiger partial charge in [0.1, 0.15) is 5.75 Å². The van der Waals surface area contributed by atoms with Crippen molar-refractivity contribution >= 4 is 39.7 Å². The first-order valence-electron chi connectivity index (χ1n) is 8.25. The van der Waals surface area contributed by atoms with Gasteiger partial charge in [0.05, 0.1) is 17.8 Å². The van der Waals surface area contributed by atoms with Crippen molar-refractivity contribution in [3.63, 3.8) is 0 Å². The number of hydrogen-bond acceptors (Lipinski definition) is 5. The Bertz CT molecular complexity index is 742. The molecule has 0 radical (unpaired) electrons. The van der Waals surface area contributed by atoms with E-state index in [1.54, 1.807) is 30.6 Å². The number of guanidine groups is 1. The molecule has 25 heavy (non-hydrogen) atoms. The van der Waals surface area contributed by atoms with Crippen molar-refractivity contribution in [2.45, 2.75) is 19.3 Å². The Kier molecular flexibility index (Phi) is 5.99. The summed E-state index contributed by atoms with van der Waals surface area (Å²) in [7, 11) is 1.58. The van der Waals surface area contributed by atoms with E-state index in [1.807, 2.05) is 6.07 Å². The molecule has 1 fully saturated rings. The lowest BCUT2D eigenvalue weighted by Gasteiger charge is -2.12. The molecule has 1 aliphatic heterocycles. The van der Waals surface area contributed by atoms with Gasteiger partial charge in [-0.2, -0.15) is 0 Å². The highest BCUT2D eigenvalue weighted by atomic mass is 35.5. The highest BCUT2D eigenvalue weighted by Gasteiger charge is 2.15. The van der Waals surface area contributed by atoms with Gasteiger partial charge in [-0.3, -0.25) is 4.99 Å². The molecule has 2 heterocycles. The molecule has 3 N–H and O–H groups in total. The Morgan fingerprint density at radius 1 is 1.44 bits per heavy atom. The van der Waals surface area contributed by atoms with Gasteiger partial charge in [0.15, 0.2) is 11.1 Å². The number of aromatic nitrogens is 1. The molecule has 0 spiro atoms. The average Bonchev–Trinajstić information content (AvgIpc) is 3.26. The first kappa shape index (κ1) is 17.8. The summed E-state index contributed by atoms with van der Waals surface area (Å²) in [6.45, 7) is 2.82. The number of nitrogens with two attached hydrogens (primary N) is 1. The first-order valence-corrected chi connectivity index (χ1v) is 9.51. The van der Waals surface area contributed by atoms with Crippen LogP contribution < -0.4 is 20.7 Å². The number of benzene rings is 1. The molecule has 0 bridgehead atoms. The van der Waals surface area contributed by atoms with E-state index in [1.165, 1.54) is 12.8 Å². The number of anilines is 2. The molecule has 8 heteroatoms. The molecule has 3 rings (SSSR count). The van der Waals surface area contributed by atoms with Crippen LogP contribution in [0.4, 0.5) is 10.8 Å². The summed E-state index contributed by atoms with van der Waals surface area (Å²) in [5.41, 5.74) is 7.77. The Balaban J connectivity index is 1.50. The topological polar surface area (TPSA) is 75.8 Å². The molecule has 1 saturated heterocycles.